The topological polar surface area (TPSA) is 46.5 Å². The molecule has 3 nitrogen and oxygen atoms in total. The molecule has 0 aliphatic rings. The zero-order valence-electron chi connectivity index (χ0n) is 7.60. The normalized spacial score (nSPS) is 10.0. The highest BCUT2D eigenvalue weighted by Crippen LogP contribution is 2.36. The predicted molar refractivity (Wildman–Crippen MR) is 60.0 cm³/mol. The molecule has 0 aromatic heterocycles. The number of ether oxygens (including phenoxy) is 1. The van der Waals surface area contributed by atoms with Crippen molar-refractivity contribution in [2.75, 3.05) is 0 Å². The maximum atomic E-state index is 10.4. The van der Waals surface area contributed by atoms with Crippen LogP contribution in [0, 0.1) is 13.8 Å². The molecule has 0 radical (unpaired) electrons. The van der Waals surface area contributed by atoms with Crippen LogP contribution < -0.4 is 4.74 Å². The van der Waals surface area contributed by atoms with E-state index < -0.39 is 6.16 Å². The van der Waals surface area contributed by atoms with Crippen LogP contribution in [-0.2, 0) is 0 Å². The van der Waals surface area contributed by atoms with Crippen molar-refractivity contribution >= 4 is 38.0 Å². The minimum absolute atomic E-state index is 0.346. The molecule has 0 unspecified atom stereocenters. The van der Waals surface area contributed by atoms with E-state index >= 15 is 0 Å². The maximum Gasteiger partial charge on any atom is 0.511 e. The highest BCUT2D eigenvalue weighted by Gasteiger charge is 2.13. The molecule has 0 aliphatic heterocycles. The van der Waals surface area contributed by atoms with E-state index in [1.807, 2.05) is 13.0 Å². The van der Waals surface area contributed by atoms with E-state index in [0.29, 0.717) is 10.2 Å². The average molecular weight is 324 g/mol. The molecule has 14 heavy (non-hydrogen) atoms. The smallest absolute Gasteiger partial charge is 0.449 e. The summed E-state index contributed by atoms with van der Waals surface area (Å²) in [7, 11) is 0. The fourth-order valence-electron chi connectivity index (χ4n) is 1.02. The van der Waals surface area contributed by atoms with Gasteiger partial charge >= 0.3 is 6.16 Å². The van der Waals surface area contributed by atoms with Gasteiger partial charge in [0.1, 0.15) is 0 Å². The van der Waals surface area contributed by atoms with Gasteiger partial charge in [-0.05, 0) is 47.0 Å². The molecule has 0 saturated carbocycles. The Balaban J connectivity index is 3.29. The monoisotopic (exact) mass is 322 g/mol. The van der Waals surface area contributed by atoms with Crippen LogP contribution in [0.3, 0.4) is 0 Å². The molecule has 0 heterocycles. The number of rotatable bonds is 1. The first-order chi connectivity index (χ1) is 6.43. The Kier molecular flexibility index (Phi) is 3.55. The lowest BCUT2D eigenvalue weighted by Crippen LogP contribution is -2.05. The van der Waals surface area contributed by atoms with E-state index in [1.165, 1.54) is 0 Å². The SMILES string of the molecule is Cc1cc(Br)c(C)c(Br)c1OC(=O)O. The zero-order chi connectivity index (χ0) is 10.9. The molecule has 1 aromatic rings. The lowest BCUT2D eigenvalue weighted by atomic mass is 10.1. The summed E-state index contributed by atoms with van der Waals surface area (Å²) < 4.78 is 6.24. The first kappa shape index (κ1) is 11.5. The van der Waals surface area contributed by atoms with E-state index in [2.05, 4.69) is 36.6 Å². The standard InChI is InChI=1S/C9H8Br2O3/c1-4-3-6(10)5(2)7(11)8(4)14-9(12)13/h3H,1-2H3,(H,12,13). The molecular formula is C9H8Br2O3. The van der Waals surface area contributed by atoms with E-state index in [4.69, 9.17) is 5.11 Å². The molecule has 76 valence electrons. The van der Waals surface area contributed by atoms with Crippen molar-refractivity contribution in [2.45, 2.75) is 13.8 Å². The zero-order valence-corrected chi connectivity index (χ0v) is 10.8. The van der Waals surface area contributed by atoms with Gasteiger partial charge in [0.2, 0.25) is 0 Å². The van der Waals surface area contributed by atoms with E-state index in [1.54, 1.807) is 6.92 Å². The molecule has 0 amide bonds. The van der Waals surface area contributed by atoms with Crippen LogP contribution in [0.15, 0.2) is 15.0 Å². The fraction of sp³-hybridized carbons (Fsp3) is 0.222. The third-order valence-corrected chi connectivity index (χ3v) is 3.56. The molecule has 1 N–H and O–H groups in total. The second-order valence-corrected chi connectivity index (χ2v) is 4.46. The van der Waals surface area contributed by atoms with E-state index in [0.717, 1.165) is 15.6 Å². The molecule has 1 rings (SSSR count). The summed E-state index contributed by atoms with van der Waals surface area (Å²) in [5.41, 5.74) is 1.67. The van der Waals surface area contributed by atoms with Crippen molar-refractivity contribution in [3.8, 4) is 5.75 Å². The number of benzene rings is 1. The Hall–Kier alpha value is -0.550. The second-order valence-electron chi connectivity index (χ2n) is 2.81. The summed E-state index contributed by atoms with van der Waals surface area (Å²) in [5.74, 6) is 0.346. The molecule has 1 aromatic carbocycles. The van der Waals surface area contributed by atoms with Gasteiger partial charge in [-0.25, -0.2) is 4.79 Å². The first-order valence-corrected chi connectivity index (χ1v) is 5.38. The Morgan fingerprint density at radius 1 is 1.43 bits per heavy atom. The molecule has 5 heteroatoms. The number of carboxylic acid groups (broad SMARTS) is 1. The second kappa shape index (κ2) is 4.31. The van der Waals surface area contributed by atoms with Gasteiger partial charge in [-0.3, -0.25) is 0 Å². The highest BCUT2D eigenvalue weighted by molar-refractivity contribution is 9.11. The van der Waals surface area contributed by atoms with Crippen molar-refractivity contribution in [3.05, 3.63) is 26.1 Å². The lowest BCUT2D eigenvalue weighted by molar-refractivity contribution is 0.144. The molecule has 0 saturated heterocycles. The fourth-order valence-corrected chi connectivity index (χ4v) is 2.44. The molecule has 0 spiro atoms. The largest absolute Gasteiger partial charge is 0.511 e. The van der Waals surface area contributed by atoms with Crippen LogP contribution >= 0.6 is 31.9 Å². The summed E-state index contributed by atoms with van der Waals surface area (Å²) in [4.78, 5) is 10.4. The van der Waals surface area contributed by atoms with Gasteiger partial charge in [-0.2, -0.15) is 0 Å². The summed E-state index contributed by atoms with van der Waals surface area (Å²) in [6.45, 7) is 3.65. The molecule has 0 atom stereocenters. The van der Waals surface area contributed by atoms with Gasteiger partial charge in [0, 0.05) is 4.47 Å². The lowest BCUT2D eigenvalue weighted by Gasteiger charge is -2.10. The van der Waals surface area contributed by atoms with Crippen molar-refractivity contribution < 1.29 is 14.6 Å². The number of carbonyl (C=O) groups is 1. The van der Waals surface area contributed by atoms with E-state index in [9.17, 15) is 4.79 Å². The number of hydrogen-bond acceptors (Lipinski definition) is 2. The molecule has 0 bridgehead atoms. The van der Waals surface area contributed by atoms with Crippen LogP contribution in [0.1, 0.15) is 11.1 Å². The minimum atomic E-state index is -1.31. The third kappa shape index (κ3) is 2.27. The van der Waals surface area contributed by atoms with Gasteiger partial charge in [0.25, 0.3) is 0 Å². The van der Waals surface area contributed by atoms with Crippen molar-refractivity contribution in [1.29, 1.82) is 0 Å². The summed E-state index contributed by atoms with van der Waals surface area (Å²) in [6.07, 6.45) is -1.31. The van der Waals surface area contributed by atoms with Crippen molar-refractivity contribution in [3.63, 3.8) is 0 Å². The van der Waals surface area contributed by atoms with Crippen LogP contribution in [0.25, 0.3) is 0 Å². The quantitative estimate of drug-likeness (QED) is 0.630. The van der Waals surface area contributed by atoms with Crippen LogP contribution in [-0.4, -0.2) is 11.3 Å². The van der Waals surface area contributed by atoms with E-state index in [-0.39, 0.29) is 0 Å². The van der Waals surface area contributed by atoms with Gasteiger partial charge in [-0.1, -0.05) is 15.9 Å². The summed E-state index contributed by atoms with van der Waals surface area (Å²) in [6, 6.07) is 1.82. The van der Waals surface area contributed by atoms with Gasteiger partial charge in [0.05, 0.1) is 4.47 Å². The summed E-state index contributed by atoms with van der Waals surface area (Å²) >= 11 is 6.66. The Bertz CT molecular complexity index is 388. The Morgan fingerprint density at radius 2 is 2.00 bits per heavy atom. The average Bonchev–Trinajstić information content (AvgIpc) is 2.09. The molecule has 0 fully saturated rings. The van der Waals surface area contributed by atoms with Gasteiger partial charge in [-0.15, -0.1) is 0 Å². The van der Waals surface area contributed by atoms with Gasteiger partial charge < -0.3 is 9.84 Å². The van der Waals surface area contributed by atoms with Crippen molar-refractivity contribution in [2.24, 2.45) is 0 Å². The van der Waals surface area contributed by atoms with Crippen LogP contribution in [0.2, 0.25) is 0 Å². The maximum absolute atomic E-state index is 10.4. The molecule has 0 aliphatic carbocycles. The minimum Gasteiger partial charge on any atom is -0.449 e. The number of halogens is 2. The number of hydrogen-bond donors (Lipinski definition) is 1. The van der Waals surface area contributed by atoms with Crippen molar-refractivity contribution in [1.82, 2.24) is 0 Å². The Labute approximate surface area is 98.3 Å². The summed E-state index contributed by atoms with van der Waals surface area (Å²) in [5, 5.41) is 8.52. The first-order valence-electron chi connectivity index (χ1n) is 3.79. The Morgan fingerprint density at radius 3 is 2.50 bits per heavy atom. The number of aryl methyl sites for hydroxylation is 1. The van der Waals surface area contributed by atoms with Gasteiger partial charge in [0.15, 0.2) is 5.75 Å². The van der Waals surface area contributed by atoms with Crippen LogP contribution in [0.5, 0.6) is 5.75 Å². The highest BCUT2D eigenvalue weighted by atomic mass is 79.9. The predicted octanol–water partition coefficient (Wildman–Crippen LogP) is 3.89. The third-order valence-electron chi connectivity index (χ3n) is 1.78. The van der Waals surface area contributed by atoms with Crippen LogP contribution in [0.4, 0.5) is 4.79 Å². The molecular weight excluding hydrogens is 316 g/mol.